The van der Waals surface area contributed by atoms with Crippen LogP contribution < -0.4 is 5.32 Å². The van der Waals surface area contributed by atoms with Crippen molar-refractivity contribution in [2.75, 3.05) is 5.32 Å². The summed E-state index contributed by atoms with van der Waals surface area (Å²) in [5.41, 5.74) is 4.78. The van der Waals surface area contributed by atoms with E-state index >= 15 is 0 Å². The van der Waals surface area contributed by atoms with E-state index in [1.807, 2.05) is 42.5 Å². The molecule has 0 saturated heterocycles. The molecule has 0 atom stereocenters. The average Bonchev–Trinajstić information content (AvgIpc) is 3.30. The predicted octanol–water partition coefficient (Wildman–Crippen LogP) is 6.39. The molecule has 0 radical (unpaired) electrons. The fraction of sp³-hybridized carbons (Fsp3) is 0.160. The van der Waals surface area contributed by atoms with Crippen LogP contribution in [0.5, 0.6) is 0 Å². The summed E-state index contributed by atoms with van der Waals surface area (Å²) in [7, 11) is 0. The molecule has 0 spiro atoms. The van der Waals surface area contributed by atoms with Crippen molar-refractivity contribution in [2.24, 2.45) is 0 Å². The third kappa shape index (κ3) is 5.01. The maximum Gasteiger partial charge on any atom is 0.274 e. The maximum absolute atomic E-state index is 12.6. The Morgan fingerprint density at radius 2 is 1.87 bits per heavy atom. The van der Waals surface area contributed by atoms with E-state index < -0.39 is 0 Å². The highest BCUT2D eigenvalue weighted by Gasteiger charge is 2.13. The first kappa shape index (κ1) is 20.8. The van der Waals surface area contributed by atoms with Gasteiger partial charge in [-0.05, 0) is 48.2 Å². The van der Waals surface area contributed by atoms with Gasteiger partial charge in [0.15, 0.2) is 0 Å². The zero-order valence-corrected chi connectivity index (χ0v) is 18.0. The van der Waals surface area contributed by atoms with Crippen molar-refractivity contribution in [1.29, 1.82) is 0 Å². The van der Waals surface area contributed by atoms with Crippen molar-refractivity contribution in [2.45, 2.75) is 26.2 Å². The van der Waals surface area contributed by atoms with Gasteiger partial charge in [-0.25, -0.2) is 4.98 Å². The van der Waals surface area contributed by atoms with Crippen LogP contribution in [0.2, 0.25) is 5.02 Å². The van der Waals surface area contributed by atoms with Crippen molar-refractivity contribution in [3.63, 3.8) is 0 Å². The van der Waals surface area contributed by atoms with E-state index in [0.29, 0.717) is 27.8 Å². The summed E-state index contributed by atoms with van der Waals surface area (Å²) in [6, 6.07) is 19.0. The number of aromatic amines is 1. The molecule has 6 heteroatoms. The van der Waals surface area contributed by atoms with Crippen molar-refractivity contribution in [3.8, 4) is 22.6 Å². The molecular formula is C25H23ClN4O. The van der Waals surface area contributed by atoms with Gasteiger partial charge < -0.3 is 10.3 Å². The highest BCUT2D eigenvalue weighted by molar-refractivity contribution is 6.33. The molecule has 5 nitrogen and oxygen atoms in total. The Kier molecular flexibility index (Phi) is 6.43. The van der Waals surface area contributed by atoms with Crippen LogP contribution in [0.1, 0.15) is 35.8 Å². The summed E-state index contributed by atoms with van der Waals surface area (Å²) >= 11 is 6.41. The van der Waals surface area contributed by atoms with Gasteiger partial charge in [0.1, 0.15) is 11.5 Å². The minimum atomic E-state index is -0.264. The minimum Gasteiger partial charge on any atom is -0.338 e. The van der Waals surface area contributed by atoms with Gasteiger partial charge in [0, 0.05) is 17.4 Å². The summed E-state index contributed by atoms with van der Waals surface area (Å²) < 4.78 is 0. The molecule has 0 saturated carbocycles. The number of anilines is 1. The fourth-order valence-electron chi connectivity index (χ4n) is 3.29. The molecule has 2 aromatic heterocycles. The van der Waals surface area contributed by atoms with E-state index in [4.69, 9.17) is 11.6 Å². The number of rotatable bonds is 7. The number of amides is 1. The van der Waals surface area contributed by atoms with Gasteiger partial charge in [-0.3, -0.25) is 9.78 Å². The van der Waals surface area contributed by atoms with Gasteiger partial charge in [-0.15, -0.1) is 0 Å². The van der Waals surface area contributed by atoms with Crippen LogP contribution in [0.3, 0.4) is 0 Å². The smallest absolute Gasteiger partial charge is 0.274 e. The Labute approximate surface area is 186 Å². The number of H-pyrrole nitrogens is 1. The highest BCUT2D eigenvalue weighted by Crippen LogP contribution is 2.30. The number of aromatic nitrogens is 3. The van der Waals surface area contributed by atoms with Gasteiger partial charge in [0.2, 0.25) is 0 Å². The second-order valence-corrected chi connectivity index (χ2v) is 7.72. The molecule has 2 N–H and O–H groups in total. The topological polar surface area (TPSA) is 70.7 Å². The number of imidazole rings is 1. The van der Waals surface area contributed by atoms with E-state index in [1.165, 1.54) is 0 Å². The lowest BCUT2D eigenvalue weighted by atomic mass is 10.1. The molecule has 0 aliphatic heterocycles. The standard InChI is InChI=1S/C25H23ClN4O/c1-2-3-7-17-10-13-22(27-15-17)25(31)29-19-11-12-21(26)20(14-19)24-28-16-23(30-24)18-8-5-4-6-9-18/h4-6,8-16H,2-3,7H2,1H3,(H,28,30)(H,29,31). The number of hydrogen-bond donors (Lipinski definition) is 2. The summed E-state index contributed by atoms with van der Waals surface area (Å²) in [5.74, 6) is 0.373. The lowest BCUT2D eigenvalue weighted by Crippen LogP contribution is -2.13. The molecule has 0 unspecified atom stereocenters. The molecule has 4 rings (SSSR count). The molecule has 2 aromatic carbocycles. The molecule has 2 heterocycles. The first-order valence-electron chi connectivity index (χ1n) is 10.3. The molecule has 4 aromatic rings. The van der Waals surface area contributed by atoms with E-state index in [1.54, 1.807) is 30.6 Å². The monoisotopic (exact) mass is 430 g/mol. The molecule has 0 aliphatic carbocycles. The van der Waals surface area contributed by atoms with Crippen molar-refractivity contribution in [3.05, 3.63) is 89.3 Å². The van der Waals surface area contributed by atoms with E-state index in [0.717, 1.165) is 36.1 Å². The van der Waals surface area contributed by atoms with Crippen molar-refractivity contribution >= 4 is 23.2 Å². The third-order valence-electron chi connectivity index (χ3n) is 5.02. The predicted molar refractivity (Wildman–Crippen MR) is 125 cm³/mol. The van der Waals surface area contributed by atoms with E-state index in [2.05, 4.69) is 27.2 Å². The Morgan fingerprint density at radius 3 is 2.61 bits per heavy atom. The number of aryl methyl sites for hydroxylation is 1. The fourth-order valence-corrected chi connectivity index (χ4v) is 3.50. The number of benzene rings is 2. The molecule has 1 amide bonds. The second-order valence-electron chi connectivity index (χ2n) is 7.32. The zero-order valence-electron chi connectivity index (χ0n) is 17.2. The van der Waals surface area contributed by atoms with Crippen LogP contribution in [0, 0.1) is 0 Å². The first-order valence-corrected chi connectivity index (χ1v) is 10.7. The third-order valence-corrected chi connectivity index (χ3v) is 5.35. The summed E-state index contributed by atoms with van der Waals surface area (Å²) in [4.78, 5) is 24.7. The van der Waals surface area contributed by atoms with E-state index in [9.17, 15) is 4.79 Å². The summed E-state index contributed by atoms with van der Waals surface area (Å²) in [6.45, 7) is 2.15. The number of halogens is 1. The zero-order chi connectivity index (χ0) is 21.6. The van der Waals surface area contributed by atoms with Crippen LogP contribution in [-0.4, -0.2) is 20.9 Å². The number of pyridine rings is 1. The van der Waals surface area contributed by atoms with Crippen molar-refractivity contribution in [1.82, 2.24) is 15.0 Å². The molecule has 0 fully saturated rings. The molecule has 31 heavy (non-hydrogen) atoms. The average molecular weight is 431 g/mol. The normalized spacial score (nSPS) is 10.8. The van der Waals surface area contributed by atoms with Crippen LogP contribution in [0.25, 0.3) is 22.6 Å². The number of carbonyl (C=O) groups excluding carboxylic acids is 1. The van der Waals surface area contributed by atoms with Gasteiger partial charge in [-0.1, -0.05) is 61.3 Å². The lowest BCUT2D eigenvalue weighted by Gasteiger charge is -2.08. The molecular weight excluding hydrogens is 408 g/mol. The van der Waals surface area contributed by atoms with Gasteiger partial charge in [0.05, 0.1) is 16.9 Å². The summed E-state index contributed by atoms with van der Waals surface area (Å²) in [5, 5.41) is 3.44. The van der Waals surface area contributed by atoms with Crippen LogP contribution in [-0.2, 0) is 6.42 Å². The second kappa shape index (κ2) is 9.58. The molecule has 0 aliphatic rings. The number of nitrogens with one attached hydrogen (secondary N) is 2. The van der Waals surface area contributed by atoms with Crippen LogP contribution in [0.4, 0.5) is 5.69 Å². The van der Waals surface area contributed by atoms with Crippen molar-refractivity contribution < 1.29 is 4.79 Å². The first-order chi connectivity index (χ1) is 15.1. The maximum atomic E-state index is 12.6. The Morgan fingerprint density at radius 1 is 1.03 bits per heavy atom. The minimum absolute atomic E-state index is 0.264. The summed E-state index contributed by atoms with van der Waals surface area (Å²) in [6.07, 6.45) is 6.76. The van der Waals surface area contributed by atoms with Gasteiger partial charge in [0.25, 0.3) is 5.91 Å². The van der Waals surface area contributed by atoms with E-state index in [-0.39, 0.29) is 5.91 Å². The number of nitrogens with zero attached hydrogens (tertiary/aromatic N) is 2. The number of hydrogen-bond acceptors (Lipinski definition) is 3. The van der Waals surface area contributed by atoms with Crippen LogP contribution >= 0.6 is 11.6 Å². The molecule has 156 valence electrons. The Balaban J connectivity index is 1.52. The Bertz CT molecular complexity index is 1170. The highest BCUT2D eigenvalue weighted by atomic mass is 35.5. The SMILES string of the molecule is CCCCc1ccc(C(=O)Nc2ccc(Cl)c(-c3ncc(-c4ccccc4)[nH]3)c2)nc1. The van der Waals surface area contributed by atoms with Gasteiger partial charge in [-0.2, -0.15) is 0 Å². The number of unbranched alkanes of at least 4 members (excludes halogenated alkanes) is 1. The largest absolute Gasteiger partial charge is 0.338 e. The van der Waals surface area contributed by atoms with Gasteiger partial charge >= 0.3 is 0 Å². The van der Waals surface area contributed by atoms with Crippen LogP contribution in [0.15, 0.2) is 73.1 Å². The Hall–Kier alpha value is -3.44. The quantitative estimate of drug-likeness (QED) is 0.357. The lowest BCUT2D eigenvalue weighted by molar-refractivity contribution is 0.102. The number of carbonyl (C=O) groups is 1. The molecule has 0 bridgehead atoms.